The van der Waals surface area contributed by atoms with Crippen LogP contribution in [0.3, 0.4) is 0 Å². The minimum atomic E-state index is -2.96. The minimum absolute atomic E-state index is 0.0789. The first-order valence-corrected chi connectivity index (χ1v) is 3.99. The second-order valence-electron chi connectivity index (χ2n) is 2.55. The summed E-state index contributed by atoms with van der Waals surface area (Å²) in [6.45, 7) is -1.53. The lowest BCUT2D eigenvalue weighted by molar-refractivity contribution is -0.0557. The molecule has 78 valence electrons. The van der Waals surface area contributed by atoms with Crippen molar-refractivity contribution in [3.05, 3.63) is 11.3 Å². The molecule has 0 aliphatic heterocycles. The van der Waals surface area contributed by atoms with E-state index in [0.29, 0.717) is 0 Å². The summed E-state index contributed by atoms with van der Waals surface area (Å²) in [5.41, 5.74) is 0.123. The molecule has 1 aromatic rings. The van der Waals surface area contributed by atoms with E-state index >= 15 is 0 Å². The summed E-state index contributed by atoms with van der Waals surface area (Å²) >= 11 is 5.17. The summed E-state index contributed by atoms with van der Waals surface area (Å²) in [5.74, 6) is -0.163. The molecule has 0 atom stereocenters. The third-order valence-electron chi connectivity index (χ3n) is 1.61. The van der Waals surface area contributed by atoms with Gasteiger partial charge in [0.05, 0.1) is 0 Å². The van der Waals surface area contributed by atoms with Gasteiger partial charge in [0.25, 0.3) is 5.24 Å². The summed E-state index contributed by atoms with van der Waals surface area (Å²) < 4.78 is 29.0. The number of hydrogen-bond acceptors (Lipinski definition) is 3. The predicted octanol–water partition coefficient (Wildman–Crippen LogP) is 1.71. The summed E-state index contributed by atoms with van der Waals surface area (Å²) in [6, 6.07) is 0. The molecule has 1 rings (SSSR count). The molecule has 4 nitrogen and oxygen atoms in total. The number of hydrogen-bond donors (Lipinski definition) is 0. The zero-order valence-electron chi connectivity index (χ0n) is 7.42. The van der Waals surface area contributed by atoms with Crippen molar-refractivity contribution in [1.82, 2.24) is 9.78 Å². The van der Waals surface area contributed by atoms with Crippen LogP contribution in [-0.4, -0.2) is 21.6 Å². The second-order valence-corrected chi connectivity index (χ2v) is 2.90. The highest BCUT2D eigenvalue weighted by Crippen LogP contribution is 2.23. The van der Waals surface area contributed by atoms with E-state index in [-0.39, 0.29) is 17.1 Å². The van der Waals surface area contributed by atoms with Gasteiger partial charge >= 0.3 is 6.61 Å². The molecule has 0 saturated carbocycles. The van der Waals surface area contributed by atoms with Crippen molar-refractivity contribution in [2.24, 2.45) is 7.05 Å². The quantitative estimate of drug-likeness (QED) is 0.734. The molecule has 1 heterocycles. The summed E-state index contributed by atoms with van der Waals surface area (Å²) in [5, 5.41) is 2.84. The number of rotatable bonds is 3. The van der Waals surface area contributed by atoms with E-state index in [9.17, 15) is 13.6 Å². The molecule has 0 spiro atoms. The van der Waals surface area contributed by atoms with Crippen LogP contribution in [0.25, 0.3) is 0 Å². The van der Waals surface area contributed by atoms with Crippen molar-refractivity contribution in [3.8, 4) is 5.88 Å². The molecule has 0 radical (unpaired) electrons. The van der Waals surface area contributed by atoms with Gasteiger partial charge in [0.1, 0.15) is 0 Å². The number of carbonyl (C=O) groups is 1. The molecule has 0 fully saturated rings. The van der Waals surface area contributed by atoms with Crippen molar-refractivity contribution in [2.75, 3.05) is 0 Å². The molecule has 0 unspecified atom stereocenters. The maximum atomic E-state index is 11.9. The molecule has 1 aromatic heterocycles. The topological polar surface area (TPSA) is 44.1 Å². The Labute approximate surface area is 83.4 Å². The van der Waals surface area contributed by atoms with Gasteiger partial charge in [0, 0.05) is 12.6 Å². The number of alkyl halides is 2. The average Bonchev–Trinajstić information content (AvgIpc) is 2.31. The highest BCUT2D eigenvalue weighted by molar-refractivity contribution is 6.67. The van der Waals surface area contributed by atoms with E-state index in [1.807, 2.05) is 0 Å². The van der Waals surface area contributed by atoms with E-state index < -0.39 is 11.9 Å². The lowest BCUT2D eigenvalue weighted by Gasteiger charge is -2.04. The third kappa shape index (κ3) is 2.01. The Morgan fingerprint density at radius 3 is 2.57 bits per heavy atom. The van der Waals surface area contributed by atoms with Crippen LogP contribution >= 0.6 is 11.6 Å². The SMILES string of the molecule is Cc1c(C(=O)Cl)nn(C)c1OC(F)F. The Kier molecular flexibility index (Phi) is 3.05. The molecule has 0 aromatic carbocycles. The van der Waals surface area contributed by atoms with Gasteiger partial charge in [-0.2, -0.15) is 13.9 Å². The van der Waals surface area contributed by atoms with E-state index in [0.717, 1.165) is 4.68 Å². The molecule has 0 bridgehead atoms. The van der Waals surface area contributed by atoms with Crippen LogP contribution in [0.5, 0.6) is 5.88 Å². The van der Waals surface area contributed by atoms with Crippen LogP contribution in [0.4, 0.5) is 8.78 Å². The molecular weight excluding hydrogens is 218 g/mol. The maximum absolute atomic E-state index is 11.9. The molecule has 0 N–H and O–H groups in total. The first-order valence-electron chi connectivity index (χ1n) is 3.61. The average molecular weight is 225 g/mol. The first-order chi connectivity index (χ1) is 6.43. The smallest absolute Gasteiger partial charge is 0.388 e. The van der Waals surface area contributed by atoms with Crippen molar-refractivity contribution in [3.63, 3.8) is 0 Å². The molecule has 7 heteroatoms. The fourth-order valence-electron chi connectivity index (χ4n) is 1.05. The highest BCUT2D eigenvalue weighted by atomic mass is 35.5. The minimum Gasteiger partial charge on any atom is -0.417 e. The van der Waals surface area contributed by atoms with Crippen molar-refractivity contribution in [1.29, 1.82) is 0 Å². The second kappa shape index (κ2) is 3.91. The zero-order valence-corrected chi connectivity index (χ0v) is 8.18. The Morgan fingerprint density at radius 1 is 1.64 bits per heavy atom. The normalized spacial score (nSPS) is 10.7. The van der Waals surface area contributed by atoms with Crippen LogP contribution < -0.4 is 4.74 Å². The van der Waals surface area contributed by atoms with Gasteiger partial charge in [-0.1, -0.05) is 0 Å². The van der Waals surface area contributed by atoms with E-state index in [4.69, 9.17) is 11.6 Å². The number of ether oxygens (including phenoxy) is 1. The number of carbonyl (C=O) groups excluding carboxylic acids is 1. The van der Waals surface area contributed by atoms with Crippen LogP contribution in [0, 0.1) is 6.92 Å². The van der Waals surface area contributed by atoms with Gasteiger partial charge in [-0.05, 0) is 18.5 Å². The van der Waals surface area contributed by atoms with Gasteiger partial charge in [-0.25, -0.2) is 4.68 Å². The Balaban J connectivity index is 3.11. The molecule has 14 heavy (non-hydrogen) atoms. The monoisotopic (exact) mass is 224 g/mol. The molecule has 0 amide bonds. The fraction of sp³-hybridized carbons (Fsp3) is 0.429. The fourth-order valence-corrected chi connectivity index (χ4v) is 1.23. The van der Waals surface area contributed by atoms with Crippen LogP contribution in [0.1, 0.15) is 16.1 Å². The number of halogens is 3. The summed E-state index contributed by atoms with van der Waals surface area (Å²) in [6.07, 6.45) is 0. The lowest BCUT2D eigenvalue weighted by atomic mass is 10.3. The maximum Gasteiger partial charge on any atom is 0.388 e. The molecule has 0 aliphatic rings. The van der Waals surface area contributed by atoms with E-state index in [2.05, 4.69) is 9.84 Å². The largest absolute Gasteiger partial charge is 0.417 e. The van der Waals surface area contributed by atoms with Crippen LogP contribution in [-0.2, 0) is 7.05 Å². The summed E-state index contributed by atoms with van der Waals surface area (Å²) in [4.78, 5) is 10.8. The Morgan fingerprint density at radius 2 is 2.21 bits per heavy atom. The van der Waals surface area contributed by atoms with Crippen LogP contribution in [0.15, 0.2) is 0 Å². The number of nitrogens with zero attached hydrogens (tertiary/aromatic N) is 2. The molecule has 0 saturated heterocycles. The van der Waals surface area contributed by atoms with Gasteiger partial charge < -0.3 is 4.74 Å². The van der Waals surface area contributed by atoms with Gasteiger partial charge in [-0.3, -0.25) is 4.79 Å². The van der Waals surface area contributed by atoms with Gasteiger partial charge in [-0.15, -0.1) is 0 Å². The van der Waals surface area contributed by atoms with Gasteiger partial charge in [0.15, 0.2) is 5.69 Å². The predicted molar refractivity (Wildman–Crippen MR) is 44.8 cm³/mol. The van der Waals surface area contributed by atoms with Crippen molar-refractivity contribution in [2.45, 2.75) is 13.5 Å². The van der Waals surface area contributed by atoms with E-state index in [1.165, 1.54) is 14.0 Å². The first kappa shape index (κ1) is 10.9. The third-order valence-corrected chi connectivity index (χ3v) is 1.79. The van der Waals surface area contributed by atoms with Crippen LogP contribution in [0.2, 0.25) is 0 Å². The van der Waals surface area contributed by atoms with Crippen molar-refractivity contribution >= 4 is 16.8 Å². The lowest BCUT2D eigenvalue weighted by Crippen LogP contribution is -2.06. The zero-order chi connectivity index (χ0) is 10.9. The molecular formula is C7H7ClF2N2O2. The summed E-state index contributed by atoms with van der Waals surface area (Å²) in [7, 11) is 1.38. The molecule has 0 aliphatic carbocycles. The Bertz CT molecular complexity index is 365. The Hall–Kier alpha value is -1.17. The highest BCUT2D eigenvalue weighted by Gasteiger charge is 2.20. The number of aryl methyl sites for hydroxylation is 1. The number of aromatic nitrogens is 2. The van der Waals surface area contributed by atoms with Crippen molar-refractivity contribution < 1.29 is 18.3 Å². The van der Waals surface area contributed by atoms with Gasteiger partial charge in [0.2, 0.25) is 5.88 Å². The van der Waals surface area contributed by atoms with E-state index in [1.54, 1.807) is 0 Å². The standard InChI is InChI=1S/C7H7ClF2N2O2/c1-3-4(5(8)13)11-12(2)6(3)14-7(9)10/h7H,1-2H3.